The molecule has 1 saturated carbocycles. The van der Waals surface area contributed by atoms with Crippen LogP contribution in [-0.4, -0.2) is 29.7 Å². The number of halogens is 3. The summed E-state index contributed by atoms with van der Waals surface area (Å²) in [5.74, 6) is 1.95. The van der Waals surface area contributed by atoms with Crippen molar-refractivity contribution in [3.8, 4) is 0 Å². The minimum absolute atomic E-state index is 0.267. The number of hydrogen-bond acceptors (Lipinski definition) is 4. The average molecular weight is 502 g/mol. The first-order chi connectivity index (χ1) is 15.4. The quantitative estimate of drug-likeness (QED) is 0.277. The van der Waals surface area contributed by atoms with E-state index in [4.69, 9.17) is 0 Å². The lowest BCUT2D eigenvalue weighted by atomic mass is 9.80. The number of alkyl halides is 3. The highest BCUT2D eigenvalue weighted by atomic mass is 32.2. The Morgan fingerprint density at radius 3 is 2.27 bits per heavy atom. The number of pyridine rings is 1. The van der Waals surface area contributed by atoms with Crippen molar-refractivity contribution in [3.05, 3.63) is 36.0 Å². The summed E-state index contributed by atoms with van der Waals surface area (Å²) in [6, 6.07) is 8.14. The molecule has 0 bridgehead atoms. The second kappa shape index (κ2) is 10.5. The SMILES string of the molecule is CC(C)(C)S(=O)(=O)CC1CCC(CCCCSc2cc(C(F)(F)F)nc3ccccc23)CC1. The minimum Gasteiger partial charge on any atom is -0.243 e. The lowest BCUT2D eigenvalue weighted by Gasteiger charge is -2.30. The molecule has 1 heterocycles. The van der Waals surface area contributed by atoms with Crippen LogP contribution in [0.3, 0.4) is 0 Å². The Hall–Kier alpha value is -1.28. The molecule has 0 unspecified atom stereocenters. The number of nitrogens with zero attached hydrogens (tertiary/aromatic N) is 1. The molecule has 0 atom stereocenters. The van der Waals surface area contributed by atoms with Crippen molar-refractivity contribution in [1.29, 1.82) is 0 Å². The lowest BCUT2D eigenvalue weighted by Crippen LogP contribution is -2.34. The number of benzene rings is 1. The number of unbranched alkanes of at least 4 members (excludes halogenated alkanes) is 1. The zero-order chi connectivity index (χ0) is 24.3. The number of aromatic nitrogens is 1. The van der Waals surface area contributed by atoms with E-state index in [1.54, 1.807) is 32.9 Å². The zero-order valence-electron chi connectivity index (χ0n) is 19.6. The molecular weight excluding hydrogens is 467 g/mol. The fourth-order valence-corrected chi connectivity index (χ4v) is 6.92. The van der Waals surface area contributed by atoms with E-state index in [1.165, 1.54) is 17.8 Å². The molecule has 0 saturated heterocycles. The Labute approximate surface area is 199 Å². The smallest absolute Gasteiger partial charge is 0.243 e. The summed E-state index contributed by atoms with van der Waals surface area (Å²) in [6.07, 6.45) is 2.71. The Morgan fingerprint density at radius 1 is 1.00 bits per heavy atom. The van der Waals surface area contributed by atoms with E-state index in [-0.39, 0.29) is 5.92 Å². The van der Waals surface area contributed by atoms with Gasteiger partial charge in [0, 0.05) is 10.3 Å². The minimum atomic E-state index is -4.45. The van der Waals surface area contributed by atoms with E-state index in [0.717, 1.165) is 56.1 Å². The lowest BCUT2D eigenvalue weighted by molar-refractivity contribution is -0.141. The van der Waals surface area contributed by atoms with Crippen LogP contribution in [0.4, 0.5) is 13.2 Å². The first-order valence-corrected chi connectivity index (χ1v) is 14.3. The summed E-state index contributed by atoms with van der Waals surface area (Å²) in [4.78, 5) is 4.41. The molecular formula is C25H34F3NO2S2. The van der Waals surface area contributed by atoms with Crippen LogP contribution in [0.5, 0.6) is 0 Å². The first-order valence-electron chi connectivity index (χ1n) is 11.7. The molecule has 1 aromatic carbocycles. The van der Waals surface area contributed by atoms with Crippen molar-refractivity contribution in [2.45, 2.75) is 81.5 Å². The summed E-state index contributed by atoms with van der Waals surface area (Å²) in [6.45, 7) is 5.31. The topological polar surface area (TPSA) is 47.0 Å². The third-order valence-electron chi connectivity index (χ3n) is 6.59. The highest BCUT2D eigenvalue weighted by molar-refractivity contribution is 7.99. The maximum atomic E-state index is 13.2. The van der Waals surface area contributed by atoms with Crippen LogP contribution < -0.4 is 0 Å². The van der Waals surface area contributed by atoms with E-state index in [1.807, 2.05) is 12.1 Å². The fraction of sp³-hybridized carbons (Fsp3) is 0.640. The predicted molar refractivity (Wildman–Crippen MR) is 130 cm³/mol. The van der Waals surface area contributed by atoms with Gasteiger partial charge in [-0.05, 0) is 69.8 Å². The molecule has 1 fully saturated rings. The van der Waals surface area contributed by atoms with Crippen LogP contribution in [0.25, 0.3) is 10.9 Å². The Bertz CT molecular complexity index is 1040. The second-order valence-electron chi connectivity index (χ2n) is 10.1. The number of fused-ring (bicyclic) bond motifs is 1. The number of sulfone groups is 1. The van der Waals surface area contributed by atoms with E-state index in [0.29, 0.717) is 22.1 Å². The van der Waals surface area contributed by atoms with Crippen LogP contribution in [0.15, 0.2) is 35.2 Å². The van der Waals surface area contributed by atoms with Gasteiger partial charge in [0.05, 0.1) is 16.0 Å². The maximum Gasteiger partial charge on any atom is 0.433 e. The molecule has 1 aromatic heterocycles. The molecule has 2 aromatic rings. The number of hydrogen-bond donors (Lipinski definition) is 0. The van der Waals surface area contributed by atoms with E-state index >= 15 is 0 Å². The van der Waals surface area contributed by atoms with E-state index in [9.17, 15) is 21.6 Å². The third-order valence-corrected chi connectivity index (χ3v) is 10.5. The average Bonchev–Trinajstić information content (AvgIpc) is 2.72. The molecule has 8 heteroatoms. The van der Waals surface area contributed by atoms with Crippen LogP contribution >= 0.6 is 11.8 Å². The van der Waals surface area contributed by atoms with Crippen LogP contribution in [0.2, 0.25) is 0 Å². The molecule has 184 valence electrons. The van der Waals surface area contributed by atoms with Gasteiger partial charge in [0.15, 0.2) is 9.84 Å². The molecule has 33 heavy (non-hydrogen) atoms. The third kappa shape index (κ3) is 7.10. The van der Waals surface area contributed by atoms with Crippen molar-refractivity contribution in [2.75, 3.05) is 11.5 Å². The van der Waals surface area contributed by atoms with E-state index in [2.05, 4.69) is 4.98 Å². The highest BCUT2D eigenvalue weighted by Gasteiger charge is 2.34. The molecule has 0 spiro atoms. The fourth-order valence-electron chi connectivity index (χ4n) is 4.37. The molecule has 0 N–H and O–H groups in total. The summed E-state index contributed by atoms with van der Waals surface area (Å²) in [7, 11) is -3.07. The number of rotatable bonds is 8. The molecule has 0 amide bonds. The standard InChI is InChI=1S/C25H34F3NO2S2/c1-24(2,3)33(30,31)17-19-13-11-18(12-14-19)8-6-7-15-32-22-16-23(25(26,27)28)29-21-10-5-4-9-20(21)22/h4-5,9-10,16,18-19H,6-8,11-15,17H2,1-3H3. The van der Waals surface area contributed by atoms with Crippen molar-refractivity contribution in [1.82, 2.24) is 4.98 Å². The number of para-hydroxylation sites is 1. The second-order valence-corrected chi connectivity index (χ2v) is 14.1. The molecule has 3 nitrogen and oxygen atoms in total. The number of thioether (sulfide) groups is 1. The first kappa shape index (κ1) is 26.3. The summed E-state index contributed by atoms with van der Waals surface area (Å²) in [5, 5.41) is 0.763. The Morgan fingerprint density at radius 2 is 1.64 bits per heavy atom. The molecule has 0 radical (unpaired) electrons. The van der Waals surface area contributed by atoms with Gasteiger partial charge in [-0.3, -0.25) is 0 Å². The van der Waals surface area contributed by atoms with Gasteiger partial charge >= 0.3 is 6.18 Å². The van der Waals surface area contributed by atoms with Gasteiger partial charge in [0.2, 0.25) is 0 Å². The monoisotopic (exact) mass is 501 g/mol. The van der Waals surface area contributed by atoms with Gasteiger partial charge in [-0.1, -0.05) is 43.9 Å². The van der Waals surface area contributed by atoms with Crippen molar-refractivity contribution < 1.29 is 21.6 Å². The predicted octanol–water partition coefficient (Wildman–Crippen LogP) is 7.54. The van der Waals surface area contributed by atoms with Crippen LogP contribution in [-0.2, 0) is 16.0 Å². The largest absolute Gasteiger partial charge is 0.433 e. The van der Waals surface area contributed by atoms with Crippen LogP contribution in [0.1, 0.15) is 71.4 Å². The molecule has 1 aliphatic carbocycles. The zero-order valence-corrected chi connectivity index (χ0v) is 21.3. The molecule has 3 rings (SSSR count). The van der Waals surface area contributed by atoms with Gasteiger partial charge < -0.3 is 0 Å². The van der Waals surface area contributed by atoms with Crippen molar-refractivity contribution in [2.24, 2.45) is 11.8 Å². The summed E-state index contributed by atoms with van der Waals surface area (Å²) >= 11 is 1.47. The maximum absolute atomic E-state index is 13.2. The van der Waals surface area contributed by atoms with E-state index < -0.39 is 26.5 Å². The van der Waals surface area contributed by atoms with Gasteiger partial charge in [-0.15, -0.1) is 11.8 Å². The van der Waals surface area contributed by atoms with Gasteiger partial charge in [-0.2, -0.15) is 13.2 Å². The van der Waals surface area contributed by atoms with Crippen molar-refractivity contribution >= 4 is 32.5 Å². The normalized spacial score (nSPS) is 20.3. The van der Waals surface area contributed by atoms with Crippen molar-refractivity contribution in [3.63, 3.8) is 0 Å². The van der Waals surface area contributed by atoms with Crippen LogP contribution in [0, 0.1) is 11.8 Å². The van der Waals surface area contributed by atoms with Gasteiger partial charge in [0.25, 0.3) is 0 Å². The Kier molecular flexibility index (Phi) is 8.41. The Balaban J connectivity index is 1.44. The van der Waals surface area contributed by atoms with Gasteiger partial charge in [-0.25, -0.2) is 13.4 Å². The molecule has 0 aliphatic heterocycles. The highest BCUT2D eigenvalue weighted by Crippen LogP contribution is 2.36. The summed E-state index contributed by atoms with van der Waals surface area (Å²) < 4.78 is 63.9. The molecule has 1 aliphatic rings. The van der Waals surface area contributed by atoms with Gasteiger partial charge in [0.1, 0.15) is 5.69 Å². The summed E-state index contributed by atoms with van der Waals surface area (Å²) in [5.41, 5.74) is -0.464.